The second-order valence-corrected chi connectivity index (χ2v) is 30.2. The molecule has 4 aromatic heterocycles. The molecule has 96 heavy (non-hydrogen) atoms. The van der Waals surface area contributed by atoms with Gasteiger partial charge in [-0.05, 0) is 159 Å². The predicted octanol–water partition coefficient (Wildman–Crippen LogP) is 12.2. The van der Waals surface area contributed by atoms with Gasteiger partial charge in [-0.2, -0.15) is 9.97 Å². The Morgan fingerprint density at radius 1 is 0.854 bits per heavy atom. The van der Waals surface area contributed by atoms with E-state index in [2.05, 4.69) is 42.3 Å². The van der Waals surface area contributed by atoms with Crippen molar-refractivity contribution in [2.24, 2.45) is 5.92 Å². The van der Waals surface area contributed by atoms with Crippen LogP contribution in [0, 0.1) is 18.7 Å². The van der Waals surface area contributed by atoms with E-state index in [1.165, 1.54) is 0 Å². The molecule has 2 aromatic carbocycles. The van der Waals surface area contributed by atoms with E-state index in [0.717, 1.165) is 104 Å². The number of halogens is 2. The summed E-state index contributed by atoms with van der Waals surface area (Å²) in [6, 6.07) is 12.5. The number of ether oxygens (including phenoxy) is 5. The number of aromatic nitrogens is 5. The van der Waals surface area contributed by atoms with Gasteiger partial charge in [0.15, 0.2) is 23.7 Å². The molecule has 4 amide bonds. The molecule has 6 aromatic rings. The molecule has 11 heterocycles. The monoisotopic (exact) mass is 1350 g/mol. The third-order valence-electron chi connectivity index (χ3n) is 20.9. The van der Waals surface area contributed by atoms with Gasteiger partial charge in [0, 0.05) is 81.1 Å². The maximum Gasteiger partial charge on any atom is 0.410 e. The number of carbonyl (C=O) groups excluding carboxylic acids is 4. The minimum atomic E-state index is -0.655. The lowest BCUT2D eigenvalue weighted by Crippen LogP contribution is -2.57. The highest BCUT2D eigenvalue weighted by atomic mass is 35.5. The standard InChI is InChI=1S/C71H88ClFN12O10S/c1-41(2)58(66(87)83-25-10-12-54(83)65(86)76-42(3)44-14-18-46(19-15-44)63-43(4)75-40-96-63)55-34-56(79-95-55)80-27-29-81(30-28-80)68(88)91-38-49-22-24-71(23-11-26-84(49)71)39-92-67-77-62-52(64(78-67)82-36-47-20-21-48(37-82)85(47)69(89)94-70(5,6)7)35-74-61(60(62)73)51-32-50(93-57-13-8-9-31-90-57)33-53(72)59(51)45-16-17-45/h14-15,18-19,32-35,40-42,45,47-49,54,57-58H,8-13,16-17,20-31,36-39H2,1-7H3,(H,76,86)/t42-,47?,48?,49-,54-,57?,58+,71?/m0/s1. The molecule has 1 aliphatic carbocycles. The third kappa shape index (κ3) is 13.4. The number of pyridine rings is 1. The lowest BCUT2D eigenvalue weighted by atomic mass is 9.91. The summed E-state index contributed by atoms with van der Waals surface area (Å²) in [5.74, 6) is 0.402. The number of hydrogen-bond acceptors (Lipinski definition) is 19. The molecule has 512 valence electrons. The van der Waals surface area contributed by atoms with Crippen molar-refractivity contribution >= 4 is 69.5 Å². The van der Waals surface area contributed by atoms with E-state index in [1.807, 2.05) is 83.1 Å². The molecule has 22 nitrogen and oxygen atoms in total. The zero-order valence-electron chi connectivity index (χ0n) is 56.0. The number of rotatable bonds is 18. The average molecular weight is 1360 g/mol. The minimum absolute atomic E-state index is 0.0387. The molecule has 0 spiro atoms. The Hall–Kier alpha value is -7.41. The normalized spacial score (nSPS) is 24.4. The summed E-state index contributed by atoms with van der Waals surface area (Å²) in [5, 5.41) is 8.54. The number of amides is 4. The topological polar surface area (TPSA) is 223 Å². The SMILES string of the molecule is Cc1ncsc1-c1ccc([C@H](C)NC(=O)[C@@H]2CCCN2C(=O)[C@@H](c2cc(N3CCN(C(=O)OC[C@@H]4CCC5(COc6nc(N7CC8CCC(C7)N8C(=O)OC(C)(C)C)c7cnc(-c8cc(OC9CCCCO9)cc(Cl)c8C8CC8)c(F)c7n6)CCCN45)CC3)no2)C(C)C)cc1. The Balaban J connectivity index is 0.619. The predicted molar refractivity (Wildman–Crippen MR) is 361 cm³/mol. The van der Waals surface area contributed by atoms with Crippen LogP contribution < -0.4 is 24.6 Å². The number of anilines is 2. The van der Waals surface area contributed by atoms with Gasteiger partial charge in [-0.25, -0.2) is 19.0 Å². The Labute approximate surface area is 568 Å². The zero-order chi connectivity index (χ0) is 66.7. The highest BCUT2D eigenvalue weighted by Crippen LogP contribution is 2.51. The molecule has 8 fully saturated rings. The summed E-state index contributed by atoms with van der Waals surface area (Å²) < 4.78 is 54.9. The number of hydrogen-bond donors (Lipinski definition) is 1. The number of carbonyl (C=O) groups is 4. The first-order valence-electron chi connectivity index (χ1n) is 34.6. The van der Waals surface area contributed by atoms with Gasteiger partial charge in [-0.15, -0.1) is 11.3 Å². The van der Waals surface area contributed by atoms with E-state index in [0.29, 0.717) is 104 Å². The van der Waals surface area contributed by atoms with Crippen LogP contribution in [0.3, 0.4) is 0 Å². The molecular formula is C71H88ClFN12O10S. The summed E-state index contributed by atoms with van der Waals surface area (Å²) in [7, 11) is 0. The highest BCUT2D eigenvalue weighted by molar-refractivity contribution is 7.13. The van der Waals surface area contributed by atoms with Gasteiger partial charge in [0.05, 0.1) is 51.7 Å². The molecule has 4 unspecified atom stereocenters. The molecule has 8 atom stereocenters. The van der Waals surface area contributed by atoms with Crippen molar-refractivity contribution in [2.75, 3.05) is 82.0 Å². The van der Waals surface area contributed by atoms with Gasteiger partial charge in [-0.3, -0.25) is 24.4 Å². The number of benzene rings is 2. The van der Waals surface area contributed by atoms with Crippen LogP contribution in [0.15, 0.2) is 58.7 Å². The molecule has 7 aliphatic heterocycles. The molecule has 8 aliphatic rings. The smallest absolute Gasteiger partial charge is 0.410 e. The first-order valence-corrected chi connectivity index (χ1v) is 35.9. The van der Waals surface area contributed by atoms with E-state index >= 15 is 4.39 Å². The molecule has 14 rings (SSSR count). The quantitative estimate of drug-likeness (QED) is 0.0844. The van der Waals surface area contributed by atoms with Crippen molar-refractivity contribution in [3.8, 4) is 33.5 Å². The molecule has 25 heteroatoms. The van der Waals surface area contributed by atoms with Crippen molar-refractivity contribution in [2.45, 2.75) is 191 Å². The van der Waals surface area contributed by atoms with Gasteiger partial charge < -0.3 is 53.1 Å². The van der Waals surface area contributed by atoms with Crippen molar-refractivity contribution in [3.63, 3.8) is 0 Å². The van der Waals surface area contributed by atoms with Gasteiger partial charge in [-0.1, -0.05) is 54.9 Å². The lowest BCUT2D eigenvalue weighted by molar-refractivity contribution is -0.141. The number of likely N-dealkylation sites (tertiary alicyclic amines) is 1. The maximum absolute atomic E-state index is 17.9. The van der Waals surface area contributed by atoms with Crippen LogP contribution >= 0.6 is 22.9 Å². The number of nitrogens with zero attached hydrogens (tertiary/aromatic N) is 11. The average Bonchev–Trinajstić information content (AvgIpc) is 1.01. The number of nitrogens with one attached hydrogen (secondary N) is 1. The van der Waals surface area contributed by atoms with Crippen LogP contribution in [-0.4, -0.2) is 182 Å². The molecule has 7 saturated heterocycles. The lowest BCUT2D eigenvalue weighted by Gasteiger charge is -2.42. The highest BCUT2D eigenvalue weighted by Gasteiger charge is 2.51. The van der Waals surface area contributed by atoms with Gasteiger partial charge in [0.25, 0.3) is 0 Å². The Morgan fingerprint density at radius 3 is 2.34 bits per heavy atom. The van der Waals surface area contributed by atoms with Crippen LogP contribution in [-0.2, 0) is 23.8 Å². The number of aryl methyl sites for hydroxylation is 1. The summed E-state index contributed by atoms with van der Waals surface area (Å²) in [6.07, 6.45) is 11.3. The Kier molecular flexibility index (Phi) is 18.6. The summed E-state index contributed by atoms with van der Waals surface area (Å²) >= 11 is 8.67. The maximum atomic E-state index is 17.9. The summed E-state index contributed by atoms with van der Waals surface area (Å²) in [4.78, 5) is 88.2. The van der Waals surface area contributed by atoms with Crippen molar-refractivity contribution in [1.82, 2.24) is 50.0 Å². The number of piperazine rings is 2. The van der Waals surface area contributed by atoms with Crippen molar-refractivity contribution in [3.05, 3.63) is 87.6 Å². The van der Waals surface area contributed by atoms with Gasteiger partial charge >= 0.3 is 18.2 Å². The second kappa shape index (κ2) is 27.1. The Bertz CT molecular complexity index is 3860. The molecule has 0 radical (unpaired) electrons. The fraction of sp³-hybridized carbons (Fsp3) is 0.592. The van der Waals surface area contributed by atoms with E-state index in [4.69, 9.17) is 54.8 Å². The largest absolute Gasteiger partial charge is 0.465 e. The van der Waals surface area contributed by atoms with Crippen molar-refractivity contribution in [1.29, 1.82) is 0 Å². The van der Waals surface area contributed by atoms with E-state index < -0.39 is 35.2 Å². The van der Waals surface area contributed by atoms with Crippen LogP contribution in [0.25, 0.3) is 32.6 Å². The van der Waals surface area contributed by atoms with Crippen LogP contribution in [0.5, 0.6) is 11.8 Å². The summed E-state index contributed by atoms with van der Waals surface area (Å²) in [5.41, 5.74) is 5.40. The van der Waals surface area contributed by atoms with Gasteiger partial charge in [0.2, 0.25) is 11.8 Å². The molecule has 1 N–H and O–H groups in total. The zero-order valence-corrected chi connectivity index (χ0v) is 57.6. The van der Waals surface area contributed by atoms with Crippen LogP contribution in [0.1, 0.15) is 165 Å². The number of fused-ring (bicyclic) bond motifs is 4. The Morgan fingerprint density at radius 2 is 1.64 bits per heavy atom. The third-order valence-corrected chi connectivity index (χ3v) is 22.2. The fourth-order valence-corrected chi connectivity index (χ4v) is 17.0. The van der Waals surface area contributed by atoms with Crippen LogP contribution in [0.2, 0.25) is 5.02 Å². The van der Waals surface area contributed by atoms with Gasteiger partial charge in [0.1, 0.15) is 53.6 Å². The van der Waals surface area contributed by atoms with Crippen molar-refractivity contribution < 1.29 is 51.8 Å². The fourth-order valence-electron chi connectivity index (χ4n) is 15.9. The van der Waals surface area contributed by atoms with E-state index in [1.54, 1.807) is 33.4 Å². The van der Waals surface area contributed by atoms with E-state index in [9.17, 15) is 19.2 Å². The molecule has 1 saturated carbocycles. The minimum Gasteiger partial charge on any atom is -0.465 e. The summed E-state index contributed by atoms with van der Waals surface area (Å²) in [6.45, 7) is 18.5. The number of thiazole rings is 1. The van der Waals surface area contributed by atoms with E-state index in [-0.39, 0.29) is 90.4 Å². The van der Waals surface area contributed by atoms with Crippen LogP contribution in [0.4, 0.5) is 25.6 Å². The molecular weight excluding hydrogens is 1270 g/mol. The first kappa shape index (κ1) is 65.9. The molecule has 2 bridgehead atoms. The first-order chi connectivity index (χ1) is 46.3. The second-order valence-electron chi connectivity index (χ2n) is 28.9.